The maximum atomic E-state index is 13.6. The molecule has 0 unspecified atom stereocenters. The number of carbonyl (C=O) groups excluding carboxylic acids is 6. The number of carbonyl (C=O) groups is 6. The summed E-state index contributed by atoms with van der Waals surface area (Å²) in [6.45, 7) is 12.4. The van der Waals surface area contributed by atoms with Crippen molar-refractivity contribution in [3.63, 3.8) is 0 Å². The smallest absolute Gasteiger partial charge is 0.330 e. The fourth-order valence-corrected chi connectivity index (χ4v) is 10.7. The van der Waals surface area contributed by atoms with Crippen LogP contribution in [0.1, 0.15) is 356 Å². The van der Waals surface area contributed by atoms with Crippen molar-refractivity contribution < 1.29 is 61.9 Å². The van der Waals surface area contributed by atoms with Gasteiger partial charge in [0.1, 0.15) is 39.6 Å². The Kier molecular flexibility index (Phi) is 59.2. The summed E-state index contributed by atoms with van der Waals surface area (Å²) in [5.41, 5.74) is -2.75. The van der Waals surface area contributed by atoms with Crippen LogP contribution in [0.4, 0.5) is 0 Å². The third-order valence-corrected chi connectivity index (χ3v) is 16.6. The number of unbranched alkanes of at least 4 members (excludes halogenated alkanes) is 40. The Balaban J connectivity index is 6.79. The van der Waals surface area contributed by atoms with Gasteiger partial charge in [0.25, 0.3) is 0 Å². The molecule has 13 heteroatoms. The summed E-state index contributed by atoms with van der Waals surface area (Å²) in [5.74, 6) is -2.82. The van der Waals surface area contributed by atoms with Gasteiger partial charge in [0.2, 0.25) is 0 Å². The summed E-state index contributed by atoms with van der Waals surface area (Å²) < 4.78 is 42.4. The third kappa shape index (κ3) is 53.5. The van der Waals surface area contributed by atoms with E-state index in [2.05, 4.69) is 41.2 Å². The zero-order valence-corrected chi connectivity index (χ0v) is 56.6. The molecule has 0 rings (SSSR count). The highest BCUT2D eigenvalue weighted by molar-refractivity contribution is 5.81. The Hall–Kier alpha value is -3.48. The van der Waals surface area contributed by atoms with Crippen LogP contribution in [-0.2, 0) is 61.9 Å². The molecule has 0 bridgehead atoms. The molecule has 0 fully saturated rings. The molecular formula is C73H134O13. The standard InChI is InChI=1S/C73H134O13/c1-7-13-18-23-28-33-38-43-48-53-67(75)82-61-72(60-81-66(74)12-6,62-83-68(76)54-49-44-39-34-29-24-19-14-8-2)58-80-59-73(63-84-69(77)55-50-45-40-35-30-25-20-15-9-3,64-85-70(78)56-51-46-41-36-31-26-21-16-10-4)65-86-71(79)57-52-47-42-37-32-27-22-17-11-5/h12H,6-11,13-65H2,1-5H3. The Bertz CT molecular complexity index is 1480. The first-order chi connectivity index (χ1) is 41.9. The van der Waals surface area contributed by atoms with Crippen LogP contribution in [0, 0.1) is 10.8 Å². The van der Waals surface area contributed by atoms with Gasteiger partial charge in [-0.25, -0.2) is 4.79 Å². The fraction of sp³-hybridized carbons (Fsp3) is 0.890. The van der Waals surface area contributed by atoms with Crippen LogP contribution in [0.3, 0.4) is 0 Å². The number of ether oxygens (including phenoxy) is 7. The van der Waals surface area contributed by atoms with Crippen molar-refractivity contribution in [1.29, 1.82) is 0 Å². The number of rotatable bonds is 67. The molecule has 86 heavy (non-hydrogen) atoms. The first-order valence-corrected chi connectivity index (χ1v) is 36.1. The second-order valence-electron chi connectivity index (χ2n) is 25.5. The molecule has 0 aliphatic heterocycles. The topological polar surface area (TPSA) is 167 Å². The Morgan fingerprint density at radius 2 is 0.407 bits per heavy atom. The highest BCUT2D eigenvalue weighted by Crippen LogP contribution is 2.28. The first kappa shape index (κ1) is 82.5. The molecule has 0 N–H and O–H groups in total. The molecule has 0 aromatic rings. The molecule has 0 aliphatic carbocycles. The van der Waals surface area contributed by atoms with Crippen LogP contribution < -0.4 is 0 Å². The SMILES string of the molecule is C=CC(=O)OCC(COCC(COC(=O)CCCCCCCCCCC)(COC(=O)CCCCCCCCCCC)COC(=O)CCCCCCCCCCC)(COC(=O)CCCCCCCCCCC)COC(=O)CCCCCCCCCCC. The zero-order valence-electron chi connectivity index (χ0n) is 56.6. The van der Waals surface area contributed by atoms with Crippen molar-refractivity contribution >= 4 is 35.8 Å². The van der Waals surface area contributed by atoms with Crippen LogP contribution in [0.15, 0.2) is 12.7 Å². The van der Waals surface area contributed by atoms with Gasteiger partial charge in [-0.2, -0.15) is 0 Å². The predicted molar refractivity (Wildman–Crippen MR) is 351 cm³/mol. The monoisotopic (exact) mass is 1220 g/mol. The summed E-state index contributed by atoms with van der Waals surface area (Å²) >= 11 is 0. The van der Waals surface area contributed by atoms with Gasteiger partial charge in [-0.1, -0.05) is 298 Å². The maximum absolute atomic E-state index is 13.6. The largest absolute Gasteiger partial charge is 0.465 e. The second kappa shape index (κ2) is 61.7. The lowest BCUT2D eigenvalue weighted by Crippen LogP contribution is -2.47. The number of hydrogen-bond donors (Lipinski definition) is 0. The molecule has 13 nitrogen and oxygen atoms in total. The lowest BCUT2D eigenvalue weighted by molar-refractivity contribution is -0.174. The van der Waals surface area contributed by atoms with Crippen molar-refractivity contribution in [2.45, 2.75) is 356 Å². The van der Waals surface area contributed by atoms with E-state index in [1.54, 1.807) is 0 Å². The van der Waals surface area contributed by atoms with Gasteiger partial charge in [0.05, 0.1) is 24.0 Å². The summed E-state index contributed by atoms with van der Waals surface area (Å²) in [5, 5.41) is 0. The van der Waals surface area contributed by atoms with Gasteiger partial charge in [0.15, 0.2) is 0 Å². The normalized spacial score (nSPS) is 11.6. The van der Waals surface area contributed by atoms with Gasteiger partial charge < -0.3 is 33.2 Å². The molecule has 0 heterocycles. The molecule has 504 valence electrons. The van der Waals surface area contributed by atoms with E-state index in [0.717, 1.165) is 102 Å². The maximum Gasteiger partial charge on any atom is 0.330 e. The van der Waals surface area contributed by atoms with E-state index < -0.39 is 46.6 Å². The van der Waals surface area contributed by atoms with Crippen LogP contribution in [-0.4, -0.2) is 88.7 Å². The predicted octanol–water partition coefficient (Wildman–Crippen LogP) is 20.0. The summed E-state index contributed by atoms with van der Waals surface area (Å²) in [6, 6.07) is 0. The van der Waals surface area contributed by atoms with E-state index in [0.29, 0.717) is 32.1 Å². The van der Waals surface area contributed by atoms with Gasteiger partial charge in [-0.3, -0.25) is 24.0 Å². The minimum Gasteiger partial charge on any atom is -0.465 e. The quantitative estimate of drug-likeness (QED) is 0.0244. The highest BCUT2D eigenvalue weighted by Gasteiger charge is 2.41. The first-order valence-electron chi connectivity index (χ1n) is 36.1. The van der Waals surface area contributed by atoms with E-state index in [-0.39, 0.29) is 85.0 Å². The summed E-state index contributed by atoms with van der Waals surface area (Å²) in [4.78, 5) is 80.6. The minimum atomic E-state index is -1.39. The third-order valence-electron chi connectivity index (χ3n) is 16.6. The second-order valence-corrected chi connectivity index (χ2v) is 25.5. The molecular weight excluding hydrogens is 1080 g/mol. The molecule has 0 atom stereocenters. The van der Waals surface area contributed by atoms with Gasteiger partial charge in [-0.05, 0) is 32.1 Å². The lowest BCUT2D eigenvalue weighted by Gasteiger charge is -2.35. The molecule has 0 aliphatic rings. The van der Waals surface area contributed by atoms with Crippen LogP contribution in [0.5, 0.6) is 0 Å². The van der Waals surface area contributed by atoms with Crippen molar-refractivity contribution in [2.75, 3.05) is 52.9 Å². The van der Waals surface area contributed by atoms with Gasteiger partial charge in [-0.15, -0.1) is 0 Å². The molecule has 0 saturated carbocycles. The van der Waals surface area contributed by atoms with Crippen molar-refractivity contribution in [3.05, 3.63) is 12.7 Å². The Morgan fingerprint density at radius 1 is 0.244 bits per heavy atom. The van der Waals surface area contributed by atoms with Crippen LogP contribution in [0.25, 0.3) is 0 Å². The minimum absolute atomic E-state index is 0.194. The number of esters is 6. The fourth-order valence-electron chi connectivity index (χ4n) is 10.7. The van der Waals surface area contributed by atoms with Crippen molar-refractivity contribution in [1.82, 2.24) is 0 Å². The number of hydrogen-bond acceptors (Lipinski definition) is 13. The Labute approximate surface area is 527 Å². The molecule has 0 aromatic heterocycles. The molecule has 0 radical (unpaired) electrons. The van der Waals surface area contributed by atoms with E-state index in [1.165, 1.54) is 161 Å². The van der Waals surface area contributed by atoms with Crippen LogP contribution >= 0.6 is 0 Å². The van der Waals surface area contributed by atoms with E-state index in [1.807, 2.05) is 0 Å². The van der Waals surface area contributed by atoms with Crippen molar-refractivity contribution in [2.24, 2.45) is 10.8 Å². The van der Waals surface area contributed by atoms with Gasteiger partial charge in [0, 0.05) is 38.2 Å². The van der Waals surface area contributed by atoms with E-state index in [9.17, 15) is 28.8 Å². The Morgan fingerprint density at radius 3 is 0.581 bits per heavy atom. The molecule has 0 saturated heterocycles. The molecule has 0 aromatic carbocycles. The average molecular weight is 1220 g/mol. The molecule has 0 spiro atoms. The summed E-state index contributed by atoms with van der Waals surface area (Å²) in [7, 11) is 0. The van der Waals surface area contributed by atoms with E-state index in [4.69, 9.17) is 33.2 Å². The van der Waals surface area contributed by atoms with E-state index >= 15 is 0 Å². The zero-order chi connectivity index (χ0) is 63.1. The lowest BCUT2D eigenvalue weighted by atomic mass is 9.90. The summed E-state index contributed by atoms with van der Waals surface area (Å²) in [6.07, 6.45) is 51.2. The average Bonchev–Trinajstić information content (AvgIpc) is 2.70. The van der Waals surface area contributed by atoms with Gasteiger partial charge >= 0.3 is 35.8 Å². The molecule has 0 amide bonds. The highest BCUT2D eigenvalue weighted by atomic mass is 16.6. The van der Waals surface area contributed by atoms with Crippen LogP contribution in [0.2, 0.25) is 0 Å². The van der Waals surface area contributed by atoms with Crippen molar-refractivity contribution in [3.8, 4) is 0 Å².